The van der Waals surface area contributed by atoms with Crippen LogP contribution in [0.3, 0.4) is 0 Å². The molecule has 10 nitrogen and oxygen atoms in total. The maximum atomic E-state index is 13.6. The molecule has 252 valence electrons. The summed E-state index contributed by atoms with van der Waals surface area (Å²) in [5.41, 5.74) is 8.66. The lowest BCUT2D eigenvalue weighted by atomic mass is 9.99. The van der Waals surface area contributed by atoms with Gasteiger partial charge < -0.3 is 31.1 Å². The number of rotatable bonds is 11. The number of anilines is 3. The second-order valence-electron chi connectivity index (χ2n) is 11.9. The monoisotopic (exact) mass is 655 g/mol. The zero-order chi connectivity index (χ0) is 34.3. The number of aliphatic hydroxyl groups is 1. The number of halogens is 3. The van der Waals surface area contributed by atoms with Crippen LogP contribution in [0.15, 0.2) is 66.7 Å². The van der Waals surface area contributed by atoms with Crippen molar-refractivity contribution in [2.45, 2.75) is 51.6 Å². The number of benzene rings is 3. The molecule has 1 heterocycles. The van der Waals surface area contributed by atoms with Gasteiger partial charge in [-0.25, -0.2) is 0 Å². The normalized spacial score (nSPS) is 17.3. The summed E-state index contributed by atoms with van der Waals surface area (Å²) in [5.74, 6) is -1.42. The van der Waals surface area contributed by atoms with Gasteiger partial charge in [-0.3, -0.25) is 19.3 Å². The summed E-state index contributed by atoms with van der Waals surface area (Å²) in [6.45, 7) is 4.66. The van der Waals surface area contributed by atoms with E-state index in [9.17, 15) is 32.7 Å². The molecule has 1 aliphatic heterocycles. The van der Waals surface area contributed by atoms with Crippen LogP contribution >= 0.6 is 0 Å². The summed E-state index contributed by atoms with van der Waals surface area (Å²) in [6, 6.07) is 18.1. The van der Waals surface area contributed by atoms with Gasteiger partial charge in [0.1, 0.15) is 11.9 Å². The molecule has 0 unspecified atom stereocenters. The third-order valence-corrected chi connectivity index (χ3v) is 7.95. The Morgan fingerprint density at radius 3 is 2.47 bits per heavy atom. The van der Waals surface area contributed by atoms with E-state index in [1.54, 1.807) is 48.2 Å². The number of nitrogens with two attached hydrogens (primary N) is 1. The number of likely N-dealkylation sites (N-methyl/N-ethyl adjacent to an activating group) is 1. The first-order valence-corrected chi connectivity index (χ1v) is 15.3. The minimum atomic E-state index is -4.47. The lowest BCUT2D eigenvalue weighted by molar-refractivity contribution is -0.142. The number of para-hydroxylation sites is 2. The Bertz CT molecular complexity index is 1570. The van der Waals surface area contributed by atoms with Crippen LogP contribution in [0.25, 0.3) is 0 Å². The Kier molecular flexibility index (Phi) is 11.5. The van der Waals surface area contributed by atoms with Crippen molar-refractivity contribution in [2.75, 3.05) is 43.1 Å². The van der Waals surface area contributed by atoms with Gasteiger partial charge in [-0.1, -0.05) is 31.2 Å². The molecule has 3 amide bonds. The Hall–Kier alpha value is -4.62. The molecule has 0 spiro atoms. The van der Waals surface area contributed by atoms with Crippen LogP contribution in [0.2, 0.25) is 0 Å². The molecule has 3 aromatic carbocycles. The largest absolute Gasteiger partial charge is 0.488 e. The quantitative estimate of drug-likeness (QED) is 0.210. The Labute approximate surface area is 271 Å². The average molecular weight is 656 g/mol. The number of carbonyl (C=O) groups is 3. The zero-order valence-electron chi connectivity index (χ0n) is 26.5. The maximum Gasteiger partial charge on any atom is 0.389 e. The number of hydrogen-bond acceptors (Lipinski definition) is 7. The van der Waals surface area contributed by atoms with Crippen molar-refractivity contribution in [1.82, 2.24) is 9.80 Å². The SMILES string of the molecule is C[C@@H]1CN([C@H](C)CO)C(=O)c2cc(NC(=O)CCC(F)(F)F)ccc2O[C@@H]1CN(C)Cc1ccc(C(=O)Nc2ccccc2N)cc1. The van der Waals surface area contributed by atoms with E-state index < -0.39 is 43.0 Å². The molecule has 0 aromatic heterocycles. The van der Waals surface area contributed by atoms with Crippen molar-refractivity contribution in [3.05, 3.63) is 83.4 Å². The Morgan fingerprint density at radius 1 is 1.11 bits per heavy atom. The number of fused-ring (bicyclic) bond motifs is 1. The molecule has 13 heteroatoms. The first-order valence-electron chi connectivity index (χ1n) is 15.3. The van der Waals surface area contributed by atoms with Crippen molar-refractivity contribution < 1.29 is 37.4 Å². The van der Waals surface area contributed by atoms with Gasteiger partial charge in [0.15, 0.2) is 0 Å². The molecule has 0 saturated heterocycles. The molecule has 0 bridgehead atoms. The number of carbonyl (C=O) groups excluding carboxylic acids is 3. The summed E-state index contributed by atoms with van der Waals surface area (Å²) < 4.78 is 44.1. The predicted molar refractivity (Wildman–Crippen MR) is 173 cm³/mol. The van der Waals surface area contributed by atoms with Gasteiger partial charge in [-0.15, -0.1) is 0 Å². The van der Waals surface area contributed by atoms with Crippen LogP contribution in [-0.4, -0.2) is 77.7 Å². The molecule has 47 heavy (non-hydrogen) atoms. The standard InChI is InChI=1S/C34H40F3N5O5/c1-21-17-42(22(2)20-43)33(46)26-16-25(39-31(44)14-15-34(35,36)37)12-13-29(26)47-30(21)19-41(3)18-23-8-10-24(11-9-23)32(45)40-28-7-5-4-6-27(28)38/h4-13,16,21-22,30,43H,14-15,17-20,38H2,1-3H3,(H,39,44)(H,40,45)/t21-,22-,30-/m1/s1. The van der Waals surface area contributed by atoms with Crippen LogP contribution in [0.4, 0.5) is 30.2 Å². The number of nitrogen functional groups attached to an aromatic ring is 1. The molecule has 3 aromatic rings. The van der Waals surface area contributed by atoms with Gasteiger partial charge in [0.2, 0.25) is 5.91 Å². The fraction of sp³-hybridized carbons (Fsp3) is 0.382. The van der Waals surface area contributed by atoms with Gasteiger partial charge in [0.05, 0.1) is 36.0 Å². The fourth-order valence-electron chi connectivity index (χ4n) is 5.25. The van der Waals surface area contributed by atoms with Crippen LogP contribution < -0.4 is 21.1 Å². The molecular formula is C34H40F3N5O5. The van der Waals surface area contributed by atoms with Gasteiger partial charge >= 0.3 is 6.18 Å². The lowest BCUT2D eigenvalue weighted by Gasteiger charge is -2.38. The molecule has 0 aliphatic carbocycles. The number of nitrogens with zero attached hydrogens (tertiary/aromatic N) is 2. The van der Waals surface area contributed by atoms with Crippen molar-refractivity contribution >= 4 is 34.8 Å². The van der Waals surface area contributed by atoms with E-state index in [1.165, 1.54) is 18.2 Å². The lowest BCUT2D eigenvalue weighted by Crippen LogP contribution is -2.49. The highest BCUT2D eigenvalue weighted by atomic mass is 19.4. The fourth-order valence-corrected chi connectivity index (χ4v) is 5.25. The van der Waals surface area contributed by atoms with E-state index >= 15 is 0 Å². The van der Waals surface area contributed by atoms with E-state index in [0.29, 0.717) is 30.0 Å². The van der Waals surface area contributed by atoms with Crippen molar-refractivity contribution in [2.24, 2.45) is 5.92 Å². The number of ether oxygens (including phenoxy) is 1. The summed E-state index contributed by atoms with van der Waals surface area (Å²) in [6.07, 6.45) is -6.87. The minimum absolute atomic E-state index is 0.129. The van der Waals surface area contributed by atoms with Crippen LogP contribution in [0.1, 0.15) is 53.0 Å². The topological polar surface area (TPSA) is 137 Å². The number of amides is 3. The van der Waals surface area contributed by atoms with Gasteiger partial charge in [0, 0.05) is 43.2 Å². The molecule has 0 saturated carbocycles. The van der Waals surface area contributed by atoms with Crippen molar-refractivity contribution in [1.29, 1.82) is 0 Å². The highest BCUT2D eigenvalue weighted by Crippen LogP contribution is 2.31. The third kappa shape index (κ3) is 9.69. The van der Waals surface area contributed by atoms with Crippen molar-refractivity contribution in [3.63, 3.8) is 0 Å². The number of alkyl halides is 3. The average Bonchev–Trinajstić information content (AvgIpc) is 3.02. The molecule has 4 rings (SSSR count). The summed E-state index contributed by atoms with van der Waals surface area (Å²) in [4.78, 5) is 42.1. The predicted octanol–water partition coefficient (Wildman–Crippen LogP) is 5.15. The first kappa shape index (κ1) is 35.2. The van der Waals surface area contributed by atoms with Gasteiger partial charge in [0.25, 0.3) is 11.8 Å². The van der Waals surface area contributed by atoms with E-state index in [0.717, 1.165) is 5.56 Å². The van der Waals surface area contributed by atoms with E-state index in [4.69, 9.17) is 10.5 Å². The molecule has 3 atom stereocenters. The molecule has 0 radical (unpaired) electrons. The number of aliphatic hydroxyl groups excluding tert-OH is 1. The molecule has 0 fully saturated rings. The number of hydrogen-bond donors (Lipinski definition) is 4. The van der Waals surface area contributed by atoms with Crippen molar-refractivity contribution in [3.8, 4) is 5.75 Å². The van der Waals surface area contributed by atoms with Crippen LogP contribution in [0.5, 0.6) is 5.75 Å². The summed E-state index contributed by atoms with van der Waals surface area (Å²) in [7, 11) is 1.92. The highest BCUT2D eigenvalue weighted by Gasteiger charge is 2.34. The van der Waals surface area contributed by atoms with E-state index in [2.05, 4.69) is 15.5 Å². The van der Waals surface area contributed by atoms with Crippen LogP contribution in [0, 0.1) is 5.92 Å². The summed E-state index contributed by atoms with van der Waals surface area (Å²) >= 11 is 0. The highest BCUT2D eigenvalue weighted by molar-refractivity contribution is 6.05. The Balaban J connectivity index is 1.47. The van der Waals surface area contributed by atoms with Crippen LogP contribution in [-0.2, 0) is 11.3 Å². The molecular weight excluding hydrogens is 615 g/mol. The molecule has 1 aliphatic rings. The van der Waals surface area contributed by atoms with Gasteiger partial charge in [-0.2, -0.15) is 13.2 Å². The zero-order valence-corrected chi connectivity index (χ0v) is 26.5. The first-order chi connectivity index (χ1) is 22.2. The smallest absolute Gasteiger partial charge is 0.389 e. The summed E-state index contributed by atoms with van der Waals surface area (Å²) in [5, 5.41) is 15.1. The minimum Gasteiger partial charge on any atom is -0.488 e. The second kappa shape index (κ2) is 15.3. The maximum absolute atomic E-state index is 13.6. The second-order valence-corrected chi connectivity index (χ2v) is 11.9. The Morgan fingerprint density at radius 2 is 1.81 bits per heavy atom. The third-order valence-electron chi connectivity index (χ3n) is 7.95. The number of nitrogens with one attached hydrogen (secondary N) is 2. The molecule has 5 N–H and O–H groups in total. The van der Waals surface area contributed by atoms with E-state index in [-0.39, 0.29) is 42.0 Å². The van der Waals surface area contributed by atoms with E-state index in [1.807, 2.05) is 26.1 Å². The van der Waals surface area contributed by atoms with Gasteiger partial charge in [-0.05, 0) is 62.0 Å².